The molecule has 20 heavy (non-hydrogen) atoms. The number of carbonyl (C=O) groups excluding carboxylic acids is 1. The molecule has 1 unspecified atom stereocenters. The second-order valence-corrected chi connectivity index (χ2v) is 5.31. The molecule has 5 nitrogen and oxygen atoms in total. The molecule has 1 rings (SSSR count). The summed E-state index contributed by atoms with van der Waals surface area (Å²) in [6.45, 7) is 2.03. The Labute approximate surface area is 123 Å². The van der Waals surface area contributed by atoms with Gasteiger partial charge in [0.05, 0.1) is 0 Å². The van der Waals surface area contributed by atoms with Crippen molar-refractivity contribution < 1.29 is 14.7 Å². The van der Waals surface area contributed by atoms with Crippen LogP contribution in [0.15, 0.2) is 24.3 Å². The number of benzene rings is 1. The monoisotopic (exact) mass is 296 g/mol. The molecule has 0 spiro atoms. The highest BCUT2D eigenvalue weighted by Gasteiger charge is 2.19. The molecule has 2 amide bonds. The van der Waals surface area contributed by atoms with Crippen LogP contribution in [0.1, 0.15) is 18.9 Å². The van der Waals surface area contributed by atoms with Gasteiger partial charge in [-0.1, -0.05) is 19.1 Å². The highest BCUT2D eigenvalue weighted by Crippen LogP contribution is 2.11. The van der Waals surface area contributed by atoms with Crippen LogP contribution >= 0.6 is 11.8 Å². The van der Waals surface area contributed by atoms with Crippen molar-refractivity contribution >= 4 is 29.4 Å². The normalized spacial score (nSPS) is 11.7. The van der Waals surface area contributed by atoms with Crippen LogP contribution in [0, 0.1) is 0 Å². The molecule has 0 aromatic heterocycles. The second kappa shape index (κ2) is 8.47. The van der Waals surface area contributed by atoms with E-state index in [1.165, 1.54) is 0 Å². The van der Waals surface area contributed by atoms with Gasteiger partial charge in [-0.3, -0.25) is 0 Å². The van der Waals surface area contributed by atoms with Gasteiger partial charge in [-0.2, -0.15) is 11.8 Å². The average molecular weight is 296 g/mol. The Morgan fingerprint density at radius 1 is 1.40 bits per heavy atom. The number of hydrogen-bond donors (Lipinski definition) is 3. The number of nitrogens with one attached hydrogen (secondary N) is 2. The molecular weight excluding hydrogens is 276 g/mol. The third-order valence-electron chi connectivity index (χ3n) is 2.81. The number of urea groups is 1. The van der Waals surface area contributed by atoms with E-state index in [0.717, 1.165) is 12.0 Å². The van der Waals surface area contributed by atoms with Gasteiger partial charge >= 0.3 is 12.0 Å². The molecule has 0 aliphatic carbocycles. The Morgan fingerprint density at radius 2 is 2.15 bits per heavy atom. The first-order chi connectivity index (χ1) is 9.56. The Kier molecular flexibility index (Phi) is 6.93. The van der Waals surface area contributed by atoms with Crippen LogP contribution in [0.3, 0.4) is 0 Å². The number of rotatable bonds is 7. The first-order valence-electron chi connectivity index (χ1n) is 6.45. The van der Waals surface area contributed by atoms with Crippen LogP contribution in [0.4, 0.5) is 10.5 Å². The Balaban J connectivity index is 2.58. The maximum absolute atomic E-state index is 11.8. The first-order valence-corrected chi connectivity index (χ1v) is 7.84. The van der Waals surface area contributed by atoms with Crippen molar-refractivity contribution in [2.45, 2.75) is 25.8 Å². The quantitative estimate of drug-likeness (QED) is 0.722. The topological polar surface area (TPSA) is 78.4 Å². The number of aliphatic carboxylic acids is 1. The van der Waals surface area contributed by atoms with E-state index in [9.17, 15) is 9.59 Å². The number of hydrogen-bond acceptors (Lipinski definition) is 3. The van der Waals surface area contributed by atoms with Gasteiger partial charge in [-0.25, -0.2) is 9.59 Å². The summed E-state index contributed by atoms with van der Waals surface area (Å²) >= 11 is 1.55. The lowest BCUT2D eigenvalue weighted by Crippen LogP contribution is -2.43. The standard InChI is InChI=1S/C14H20N2O3S/c1-3-10-5-4-6-11(9-10)15-14(19)16-12(13(17)18)7-8-20-2/h4-6,9,12H,3,7-8H2,1-2H3,(H,17,18)(H2,15,16,19). The van der Waals surface area contributed by atoms with Crippen LogP contribution in [-0.4, -0.2) is 35.2 Å². The Hall–Kier alpha value is -1.69. The van der Waals surface area contributed by atoms with Gasteiger partial charge in [0, 0.05) is 5.69 Å². The van der Waals surface area contributed by atoms with E-state index in [0.29, 0.717) is 17.9 Å². The lowest BCUT2D eigenvalue weighted by atomic mass is 10.1. The summed E-state index contributed by atoms with van der Waals surface area (Å²) in [6.07, 6.45) is 3.18. The van der Waals surface area contributed by atoms with Crippen molar-refractivity contribution in [2.75, 3.05) is 17.3 Å². The van der Waals surface area contributed by atoms with E-state index >= 15 is 0 Å². The molecular formula is C14H20N2O3S. The minimum atomic E-state index is -1.02. The van der Waals surface area contributed by atoms with Crippen molar-refractivity contribution in [3.63, 3.8) is 0 Å². The van der Waals surface area contributed by atoms with Crippen LogP contribution < -0.4 is 10.6 Å². The zero-order chi connectivity index (χ0) is 15.0. The number of anilines is 1. The molecule has 0 bridgehead atoms. The van der Waals surface area contributed by atoms with Crippen LogP contribution in [0.5, 0.6) is 0 Å². The summed E-state index contributed by atoms with van der Waals surface area (Å²) in [5.41, 5.74) is 1.77. The fourth-order valence-corrected chi connectivity index (χ4v) is 2.16. The highest BCUT2D eigenvalue weighted by molar-refractivity contribution is 7.98. The van der Waals surface area contributed by atoms with E-state index in [-0.39, 0.29) is 0 Å². The van der Waals surface area contributed by atoms with Gasteiger partial charge in [-0.05, 0) is 42.5 Å². The predicted molar refractivity (Wildman–Crippen MR) is 82.4 cm³/mol. The summed E-state index contributed by atoms with van der Waals surface area (Å²) in [7, 11) is 0. The fourth-order valence-electron chi connectivity index (χ4n) is 1.69. The second-order valence-electron chi connectivity index (χ2n) is 4.32. The molecule has 1 aromatic rings. The largest absolute Gasteiger partial charge is 0.480 e. The molecule has 1 atom stereocenters. The van der Waals surface area contributed by atoms with Crippen LogP contribution in [-0.2, 0) is 11.2 Å². The van der Waals surface area contributed by atoms with Crippen LogP contribution in [0.25, 0.3) is 0 Å². The SMILES string of the molecule is CCc1cccc(NC(=O)NC(CCSC)C(=O)O)c1. The molecule has 1 aromatic carbocycles. The third-order valence-corrected chi connectivity index (χ3v) is 3.45. The maximum Gasteiger partial charge on any atom is 0.326 e. The summed E-state index contributed by atoms with van der Waals surface area (Å²) < 4.78 is 0. The number of carboxylic acids is 1. The molecule has 0 radical (unpaired) electrons. The molecule has 0 aliphatic rings. The van der Waals surface area contributed by atoms with Gasteiger partial charge < -0.3 is 15.7 Å². The minimum absolute atomic E-state index is 0.402. The van der Waals surface area contributed by atoms with Crippen molar-refractivity contribution in [3.8, 4) is 0 Å². The molecule has 3 N–H and O–H groups in total. The van der Waals surface area contributed by atoms with Crippen molar-refractivity contribution in [3.05, 3.63) is 29.8 Å². The Bertz CT molecular complexity index is 465. The lowest BCUT2D eigenvalue weighted by Gasteiger charge is -2.15. The summed E-state index contributed by atoms with van der Waals surface area (Å²) in [6, 6.07) is 6.12. The van der Waals surface area contributed by atoms with Gasteiger partial charge in [0.2, 0.25) is 0 Å². The van der Waals surface area contributed by atoms with E-state index in [1.54, 1.807) is 17.8 Å². The zero-order valence-corrected chi connectivity index (χ0v) is 12.5. The van der Waals surface area contributed by atoms with E-state index < -0.39 is 18.0 Å². The van der Waals surface area contributed by atoms with E-state index in [1.807, 2.05) is 31.4 Å². The number of thioether (sulfide) groups is 1. The smallest absolute Gasteiger partial charge is 0.326 e. The lowest BCUT2D eigenvalue weighted by molar-refractivity contribution is -0.139. The van der Waals surface area contributed by atoms with Crippen LogP contribution in [0.2, 0.25) is 0 Å². The molecule has 0 aliphatic heterocycles. The minimum Gasteiger partial charge on any atom is -0.480 e. The molecule has 0 fully saturated rings. The number of carboxylic acid groups (broad SMARTS) is 1. The molecule has 110 valence electrons. The number of carbonyl (C=O) groups is 2. The van der Waals surface area contributed by atoms with Gasteiger partial charge in [0.1, 0.15) is 6.04 Å². The van der Waals surface area contributed by atoms with E-state index in [2.05, 4.69) is 10.6 Å². The number of amides is 2. The number of aryl methyl sites for hydroxylation is 1. The maximum atomic E-state index is 11.8. The highest BCUT2D eigenvalue weighted by atomic mass is 32.2. The van der Waals surface area contributed by atoms with Crippen molar-refractivity contribution in [1.82, 2.24) is 5.32 Å². The summed E-state index contributed by atoms with van der Waals surface area (Å²) in [4.78, 5) is 22.8. The van der Waals surface area contributed by atoms with Gasteiger partial charge in [0.15, 0.2) is 0 Å². The molecule has 0 heterocycles. The zero-order valence-electron chi connectivity index (χ0n) is 11.7. The molecule has 6 heteroatoms. The third kappa shape index (κ3) is 5.52. The van der Waals surface area contributed by atoms with E-state index in [4.69, 9.17) is 5.11 Å². The fraction of sp³-hybridized carbons (Fsp3) is 0.429. The summed E-state index contributed by atoms with van der Waals surface area (Å²) in [5, 5.41) is 14.2. The van der Waals surface area contributed by atoms with Gasteiger partial charge in [0.25, 0.3) is 0 Å². The molecule has 0 saturated heterocycles. The summed E-state index contributed by atoms with van der Waals surface area (Å²) in [5.74, 6) is -0.334. The van der Waals surface area contributed by atoms with Gasteiger partial charge in [-0.15, -0.1) is 0 Å². The molecule has 0 saturated carbocycles. The average Bonchev–Trinajstić information content (AvgIpc) is 2.43. The Morgan fingerprint density at radius 3 is 2.75 bits per heavy atom. The predicted octanol–water partition coefficient (Wildman–Crippen LogP) is 2.58. The van der Waals surface area contributed by atoms with Crippen molar-refractivity contribution in [1.29, 1.82) is 0 Å². The van der Waals surface area contributed by atoms with Crippen molar-refractivity contribution in [2.24, 2.45) is 0 Å². The first kappa shape index (κ1) is 16.4.